The standard InChI is InChI=1S/C27H29N7O2.C17H16Cl2N6O2.C17H16ClFN6O3.C17H16ClFN6O2/c1-19-7-12-22(17-24(19)30-27-29-23-5-3-4-6-25(23)34(36)31-27)28-26(35)21-10-8-20(9-11-21)18-33-15-13-32(2)14-16-33;18-10-2-4-12-13(8-10)21-16(25-24-12)23-17(26)22-14-9-11(19)3-5-15(14)27-7-1-6-20;18-10-2-5-15(28-7-1-6-20)13(8-10)22-17(26)23-16-21-12-4-3-11(19)9-14(12)25(27)24-16;18-10-2-5-15(27-7-1-6-20)14(8-10)22-17(26)23-16-21-12-4-3-11(19)9-13(12)24-25-16/h3-12,17H,13-16,18H2,1-2H3,(H,28,35)(H,29,30,31);2-5,8-9H,1,6-7,20H2,(H2,21,22,23,25,26);2-5,8-9H,1,6-7,20H2,(H2,21,22,23,24,26);2-5,8-9H,1,6-7,20H2,(H2,21,22,23,25,26). The molecule has 0 atom stereocenters. The first kappa shape index (κ1) is 85.8. The Kier molecular flexibility index (Phi) is 30.6. The molecule has 1 fully saturated rings. The van der Waals surface area contributed by atoms with Gasteiger partial charge in [0.05, 0.1) is 64.2 Å². The number of ether oxygens (including phenoxy) is 3. The molecule has 14 rings (SSSR count). The maximum absolute atomic E-state index is 13.2. The molecule has 0 unspecified atom stereocenters. The van der Waals surface area contributed by atoms with Gasteiger partial charge in [-0.25, -0.2) is 43.1 Å². The van der Waals surface area contributed by atoms with Gasteiger partial charge in [0.25, 0.3) is 40.7 Å². The molecule has 34 nitrogen and oxygen atoms in total. The highest BCUT2D eigenvalue weighted by Crippen LogP contribution is 2.32. The number of anilines is 9. The molecule has 1 aliphatic rings. The number of carbonyl (C=O) groups is 4. The Labute approximate surface area is 692 Å². The van der Waals surface area contributed by atoms with Gasteiger partial charge >= 0.3 is 18.1 Å². The molecule has 7 amide bonds. The van der Waals surface area contributed by atoms with E-state index in [2.05, 4.69) is 110 Å². The van der Waals surface area contributed by atoms with Crippen molar-refractivity contribution in [1.29, 1.82) is 0 Å². The van der Waals surface area contributed by atoms with Gasteiger partial charge in [-0.3, -0.25) is 25.6 Å². The summed E-state index contributed by atoms with van der Waals surface area (Å²) in [5, 5.41) is 70.2. The number of hydrogen-bond acceptors (Lipinski definition) is 25. The first-order valence-corrected chi connectivity index (χ1v) is 37.9. The van der Waals surface area contributed by atoms with Crippen molar-refractivity contribution < 1.29 is 51.9 Å². The monoisotopic (exact) mass is 1690 g/mol. The number of benzene rings is 9. The van der Waals surface area contributed by atoms with Gasteiger partial charge in [-0.15, -0.1) is 20.4 Å². The van der Waals surface area contributed by atoms with Crippen LogP contribution < -0.4 is 83.6 Å². The third-order valence-electron chi connectivity index (χ3n) is 16.9. The number of hydrogen-bond donors (Lipinski definition) is 11. The van der Waals surface area contributed by atoms with E-state index in [9.17, 15) is 38.4 Å². The van der Waals surface area contributed by atoms with Gasteiger partial charge in [-0.1, -0.05) is 76.7 Å². The van der Waals surface area contributed by atoms with Gasteiger partial charge in [-0.05, 0) is 201 Å². The molecule has 9 aromatic carbocycles. The molecular formula is C78H77Cl4F2N25O9. The Hall–Kier alpha value is -13.0. The normalized spacial score (nSPS) is 11.9. The lowest BCUT2D eigenvalue weighted by Crippen LogP contribution is -2.43. The molecule has 5 heterocycles. The van der Waals surface area contributed by atoms with Crippen molar-refractivity contribution in [2.45, 2.75) is 32.7 Å². The summed E-state index contributed by atoms with van der Waals surface area (Å²) in [5.41, 5.74) is 24.3. The van der Waals surface area contributed by atoms with E-state index in [1.165, 1.54) is 35.9 Å². The van der Waals surface area contributed by atoms with Gasteiger partial charge in [-0.2, -0.15) is 0 Å². The van der Waals surface area contributed by atoms with Crippen molar-refractivity contribution >= 4 is 167 Å². The third kappa shape index (κ3) is 25.2. The van der Waals surface area contributed by atoms with Gasteiger partial charge in [0.1, 0.15) is 50.9 Å². The Morgan fingerprint density at radius 1 is 0.449 bits per heavy atom. The van der Waals surface area contributed by atoms with Crippen LogP contribution in [0.3, 0.4) is 0 Å². The summed E-state index contributed by atoms with van der Waals surface area (Å²) in [6, 6.07) is 45.3. The number of nitrogens with two attached hydrogens (primary N) is 3. The van der Waals surface area contributed by atoms with Gasteiger partial charge in [0.2, 0.25) is 0 Å². The van der Waals surface area contributed by atoms with Crippen LogP contribution in [0.1, 0.15) is 40.7 Å². The predicted octanol–water partition coefficient (Wildman–Crippen LogP) is 12.6. The largest absolute Gasteiger partial charge is 0.594 e. The smallest absolute Gasteiger partial charge is 0.326 e. The molecule has 610 valence electrons. The quantitative estimate of drug-likeness (QED) is 0.0152. The van der Waals surface area contributed by atoms with E-state index in [0.717, 1.165) is 50.4 Å². The van der Waals surface area contributed by atoms with Crippen LogP contribution in [0, 0.1) is 29.0 Å². The lowest BCUT2D eigenvalue weighted by Gasteiger charge is -2.32. The fraction of sp³-hybridized carbons (Fsp3) is 0.205. The minimum absolute atomic E-state index is 0.0285. The van der Waals surface area contributed by atoms with E-state index in [-0.39, 0.29) is 51.1 Å². The predicted molar refractivity (Wildman–Crippen MR) is 448 cm³/mol. The summed E-state index contributed by atoms with van der Waals surface area (Å²) in [6.45, 7) is 9.76. The molecule has 4 aromatic heterocycles. The first-order valence-electron chi connectivity index (χ1n) is 36.3. The van der Waals surface area contributed by atoms with E-state index in [1.54, 1.807) is 84.9 Å². The van der Waals surface area contributed by atoms with E-state index in [4.69, 9.17) is 77.8 Å². The molecule has 0 spiro atoms. The fourth-order valence-electron chi connectivity index (χ4n) is 11.0. The zero-order valence-corrected chi connectivity index (χ0v) is 66.1. The minimum Gasteiger partial charge on any atom is -0.594 e. The van der Waals surface area contributed by atoms with Crippen molar-refractivity contribution in [3.05, 3.63) is 235 Å². The Bertz CT molecular complexity index is 5720. The van der Waals surface area contributed by atoms with Crippen molar-refractivity contribution in [2.75, 3.05) is 115 Å². The van der Waals surface area contributed by atoms with Crippen LogP contribution in [0.25, 0.3) is 44.1 Å². The van der Waals surface area contributed by atoms with E-state index in [0.29, 0.717) is 162 Å². The molecule has 0 aliphatic carbocycles. The second-order valence-corrected chi connectivity index (χ2v) is 27.5. The number of nitrogens with one attached hydrogen (secondary N) is 8. The van der Waals surface area contributed by atoms with Gasteiger partial charge in [0.15, 0.2) is 0 Å². The molecule has 1 aliphatic heterocycles. The van der Waals surface area contributed by atoms with Crippen molar-refractivity contribution in [1.82, 2.24) is 60.3 Å². The number of aryl methyl sites for hydroxylation is 1. The summed E-state index contributed by atoms with van der Waals surface area (Å²) in [5.74, 6) is 0.0579. The number of aromatic nitrogens is 12. The third-order valence-corrected chi connectivity index (χ3v) is 17.9. The van der Waals surface area contributed by atoms with E-state index in [1.807, 2.05) is 55.5 Å². The Balaban J connectivity index is 0.000000156. The highest BCUT2D eigenvalue weighted by molar-refractivity contribution is 6.32. The average molecular weight is 1690 g/mol. The lowest BCUT2D eigenvalue weighted by molar-refractivity contribution is -0.641. The number of para-hydroxylation sites is 2. The number of rotatable bonds is 24. The lowest BCUT2D eigenvalue weighted by atomic mass is 10.1. The second-order valence-electron chi connectivity index (χ2n) is 25.8. The van der Waals surface area contributed by atoms with Gasteiger partial charge in [0, 0.05) is 81.9 Å². The number of urea groups is 3. The van der Waals surface area contributed by atoms with Crippen LogP contribution in [0.4, 0.5) is 75.4 Å². The maximum Gasteiger partial charge on any atom is 0.326 e. The molecule has 14 N–H and O–H groups in total. The number of carbonyl (C=O) groups excluding carboxylic acids is 4. The minimum atomic E-state index is -0.715. The first-order chi connectivity index (χ1) is 57.0. The summed E-state index contributed by atoms with van der Waals surface area (Å²) in [7, 11) is 2.15. The molecule has 118 heavy (non-hydrogen) atoms. The zero-order valence-electron chi connectivity index (χ0n) is 63.1. The summed E-state index contributed by atoms with van der Waals surface area (Å²) in [6.07, 6.45) is 2.00. The van der Waals surface area contributed by atoms with Crippen molar-refractivity contribution in [2.24, 2.45) is 17.2 Å². The zero-order chi connectivity index (χ0) is 83.6. The summed E-state index contributed by atoms with van der Waals surface area (Å²) >= 11 is 23.9. The number of piperazine rings is 1. The Morgan fingerprint density at radius 3 is 1.49 bits per heavy atom. The molecule has 0 bridgehead atoms. The van der Waals surface area contributed by atoms with Crippen LogP contribution in [0.2, 0.25) is 20.1 Å². The molecule has 0 saturated carbocycles. The van der Waals surface area contributed by atoms with E-state index >= 15 is 0 Å². The number of halogens is 6. The number of likely N-dealkylation sites (N-methyl/N-ethyl adjacent to an activating group) is 1. The van der Waals surface area contributed by atoms with Gasteiger partial charge < -0.3 is 73.3 Å². The highest BCUT2D eigenvalue weighted by Gasteiger charge is 2.21. The number of fused-ring (bicyclic) bond motifs is 4. The van der Waals surface area contributed by atoms with Crippen LogP contribution in [0.15, 0.2) is 176 Å². The molecule has 0 radical (unpaired) electrons. The van der Waals surface area contributed by atoms with Crippen LogP contribution in [-0.2, 0) is 6.54 Å². The summed E-state index contributed by atoms with van der Waals surface area (Å²) in [4.78, 5) is 72.0. The fourth-order valence-corrected chi connectivity index (χ4v) is 11.7. The van der Waals surface area contributed by atoms with Crippen LogP contribution >= 0.6 is 46.4 Å². The summed E-state index contributed by atoms with van der Waals surface area (Å²) < 4.78 is 43.2. The van der Waals surface area contributed by atoms with Crippen molar-refractivity contribution in [3.8, 4) is 17.2 Å². The van der Waals surface area contributed by atoms with Crippen LogP contribution in [-0.4, -0.2) is 157 Å². The van der Waals surface area contributed by atoms with E-state index < -0.39 is 29.7 Å². The Morgan fingerprint density at radius 2 is 0.915 bits per heavy atom. The average Bonchev–Trinajstić information content (AvgIpc) is 0.820. The maximum atomic E-state index is 13.2. The number of nitrogens with zero attached hydrogens (tertiary/aromatic N) is 14. The number of amides is 7. The SMILES string of the molecule is Cc1ccc(NC(=O)c2ccc(CN3CCN(C)CC3)cc2)cc1Nc1nc2ccccc2[n+]([O-])n1.NCCCOc1ccc(Cl)cc1NC(=O)Nc1nc2ccc(F)cc2[n+]([O-])n1.NCCCOc1ccc(Cl)cc1NC(=O)Nc1nnc2cc(F)ccc2n1.NCCCOc1ccc(Cl)cc1NC(=O)Nc1nnc2ccc(Cl)cc2n1. The highest BCUT2D eigenvalue weighted by atomic mass is 35.5. The van der Waals surface area contributed by atoms with Crippen molar-refractivity contribution in [3.63, 3.8) is 0 Å². The molecular weight excluding hydrogens is 1610 g/mol. The van der Waals surface area contributed by atoms with Crippen LogP contribution in [0.5, 0.6) is 17.2 Å². The topological polar surface area (TPSA) is 460 Å². The second kappa shape index (κ2) is 42.0. The molecule has 40 heteroatoms. The molecule has 13 aromatic rings. The molecule has 1 saturated heterocycles.